The molecule has 2 fully saturated rings. The lowest BCUT2D eigenvalue weighted by atomic mass is 9.88. The molecule has 1 aliphatic heterocycles. The highest BCUT2D eigenvalue weighted by Crippen LogP contribution is 2.46. The minimum absolute atomic E-state index is 0.0494. The third-order valence-electron chi connectivity index (χ3n) is 6.82. The van der Waals surface area contributed by atoms with Gasteiger partial charge in [0, 0.05) is 23.5 Å². The van der Waals surface area contributed by atoms with Crippen molar-refractivity contribution in [3.8, 4) is 17.0 Å². The van der Waals surface area contributed by atoms with Crippen LogP contribution in [0.2, 0.25) is 0 Å². The second-order valence-corrected chi connectivity index (χ2v) is 9.41. The molecule has 0 amide bonds. The van der Waals surface area contributed by atoms with Gasteiger partial charge in [-0.05, 0) is 31.1 Å². The molecule has 0 bridgehead atoms. The molecule has 1 aliphatic carbocycles. The fourth-order valence-corrected chi connectivity index (χ4v) is 4.94. The Morgan fingerprint density at radius 3 is 2.73 bits per heavy atom. The van der Waals surface area contributed by atoms with Crippen LogP contribution in [0.3, 0.4) is 0 Å². The number of hydrogen-bond acceptors (Lipinski definition) is 7. The number of methoxy groups -OCH3 is 1. The van der Waals surface area contributed by atoms with Gasteiger partial charge in [-0.15, -0.1) is 10.2 Å². The first-order valence-electron chi connectivity index (χ1n) is 13.0. The number of hydrogen-bond donors (Lipinski definition) is 1. The summed E-state index contributed by atoms with van der Waals surface area (Å²) in [6, 6.07) is 2.74. The van der Waals surface area contributed by atoms with Crippen molar-refractivity contribution in [3.63, 3.8) is 0 Å². The normalized spacial score (nSPS) is 23.4. The summed E-state index contributed by atoms with van der Waals surface area (Å²) < 4.78 is 102. The Morgan fingerprint density at radius 2 is 2.03 bits per heavy atom. The molecule has 1 atom stereocenters. The van der Waals surface area contributed by atoms with Crippen LogP contribution in [-0.2, 0) is 0 Å². The molecule has 1 aromatic carbocycles. The van der Waals surface area contributed by atoms with Gasteiger partial charge in [-0.2, -0.15) is 4.98 Å². The van der Waals surface area contributed by atoms with Crippen molar-refractivity contribution < 1.29 is 30.8 Å². The van der Waals surface area contributed by atoms with Crippen molar-refractivity contribution in [1.82, 2.24) is 34.5 Å². The first-order valence-corrected chi connectivity index (χ1v) is 11.5. The van der Waals surface area contributed by atoms with Crippen LogP contribution in [0.15, 0.2) is 24.4 Å². The molecular formula is C23H23F5N8O. The summed E-state index contributed by atoms with van der Waals surface area (Å²) in [5, 5.41) is 14.7. The van der Waals surface area contributed by atoms with Crippen LogP contribution in [0, 0.1) is 5.82 Å². The topological polar surface area (TPSA) is 85.4 Å². The smallest absolute Gasteiger partial charge is 0.280 e. The number of benzene rings is 1. The van der Waals surface area contributed by atoms with Gasteiger partial charge in [0.1, 0.15) is 11.0 Å². The number of ether oxygens (including phenoxy) is 1. The molecule has 37 heavy (non-hydrogen) atoms. The van der Waals surface area contributed by atoms with Crippen molar-refractivity contribution in [1.29, 1.82) is 0 Å². The maximum atomic E-state index is 15.4. The van der Waals surface area contributed by atoms with E-state index in [-0.39, 0.29) is 48.7 Å². The summed E-state index contributed by atoms with van der Waals surface area (Å²) in [4.78, 5) is 4.91. The van der Waals surface area contributed by atoms with Gasteiger partial charge < -0.3 is 15.0 Å². The number of halogens is 5. The SMILES string of the molecule is [2H]C([2H])([2H])N1CC[C@@H](Nc2nc(OC)c3c(-c4ccc5nnn(C6CC(F)(F)C6)c5c4)c(F)cn3n2)C(F)(F)C1. The van der Waals surface area contributed by atoms with Gasteiger partial charge in [-0.3, -0.25) is 0 Å². The van der Waals surface area contributed by atoms with Crippen LogP contribution < -0.4 is 10.1 Å². The molecule has 2 aliphatic rings. The first kappa shape index (κ1) is 20.5. The summed E-state index contributed by atoms with van der Waals surface area (Å²) >= 11 is 0. The van der Waals surface area contributed by atoms with E-state index in [1.165, 1.54) is 11.8 Å². The van der Waals surface area contributed by atoms with E-state index in [1.54, 1.807) is 18.2 Å². The fourth-order valence-electron chi connectivity index (χ4n) is 4.94. The van der Waals surface area contributed by atoms with Crippen LogP contribution in [0.1, 0.15) is 29.4 Å². The van der Waals surface area contributed by atoms with E-state index in [0.29, 0.717) is 16.6 Å². The second-order valence-electron chi connectivity index (χ2n) is 9.41. The summed E-state index contributed by atoms with van der Waals surface area (Å²) in [5.41, 5.74) is 1.41. The average molecular weight is 526 g/mol. The molecular weight excluding hydrogens is 499 g/mol. The predicted octanol–water partition coefficient (Wildman–Crippen LogP) is 4.01. The van der Waals surface area contributed by atoms with Gasteiger partial charge in [-0.25, -0.2) is 31.1 Å². The van der Waals surface area contributed by atoms with Crippen LogP contribution in [0.25, 0.3) is 27.7 Å². The first-order chi connectivity index (χ1) is 18.8. The van der Waals surface area contributed by atoms with Crippen LogP contribution >= 0.6 is 0 Å². The van der Waals surface area contributed by atoms with E-state index in [4.69, 9.17) is 8.85 Å². The van der Waals surface area contributed by atoms with Crippen molar-refractivity contribution in [2.45, 2.75) is 43.2 Å². The third-order valence-corrected chi connectivity index (χ3v) is 6.82. The molecule has 3 aromatic heterocycles. The zero-order chi connectivity index (χ0) is 28.6. The number of rotatable bonds is 5. The molecule has 196 valence electrons. The quantitative estimate of drug-likeness (QED) is 0.394. The van der Waals surface area contributed by atoms with Crippen molar-refractivity contribution in [2.75, 3.05) is 32.5 Å². The summed E-state index contributed by atoms with van der Waals surface area (Å²) in [6.45, 7) is -3.72. The van der Waals surface area contributed by atoms with Gasteiger partial charge in [0.2, 0.25) is 11.8 Å². The molecule has 4 heterocycles. The maximum Gasteiger partial charge on any atom is 0.280 e. The van der Waals surface area contributed by atoms with E-state index in [1.807, 2.05) is 0 Å². The second kappa shape index (κ2) is 8.23. The Kier molecular flexibility index (Phi) is 4.56. The van der Waals surface area contributed by atoms with Crippen molar-refractivity contribution in [3.05, 3.63) is 30.2 Å². The van der Waals surface area contributed by atoms with Gasteiger partial charge in [-0.1, -0.05) is 11.3 Å². The highest BCUT2D eigenvalue weighted by atomic mass is 19.3. The molecule has 4 aromatic rings. The number of aromatic nitrogens is 6. The molecule has 1 saturated carbocycles. The zero-order valence-electron chi connectivity index (χ0n) is 22.4. The van der Waals surface area contributed by atoms with Gasteiger partial charge >= 0.3 is 0 Å². The number of fused-ring (bicyclic) bond motifs is 2. The third kappa shape index (κ3) is 4.03. The summed E-state index contributed by atoms with van der Waals surface area (Å²) in [5.74, 6) is -7.26. The number of nitrogens with zero attached hydrogens (tertiary/aromatic N) is 7. The molecule has 6 rings (SSSR count). The monoisotopic (exact) mass is 525 g/mol. The van der Waals surface area contributed by atoms with E-state index in [9.17, 15) is 17.6 Å². The Bertz CT molecular complexity index is 1600. The molecule has 14 heteroatoms. The number of likely N-dealkylation sites (tertiary alicyclic amines) is 1. The zero-order valence-corrected chi connectivity index (χ0v) is 19.4. The van der Waals surface area contributed by atoms with E-state index in [2.05, 4.69) is 25.7 Å². The summed E-state index contributed by atoms with van der Waals surface area (Å²) in [7, 11) is 1.28. The van der Waals surface area contributed by atoms with E-state index < -0.39 is 43.3 Å². The Balaban J connectivity index is 1.34. The number of alkyl halides is 4. The van der Waals surface area contributed by atoms with E-state index >= 15 is 4.39 Å². The van der Waals surface area contributed by atoms with Crippen LogP contribution in [-0.4, -0.2) is 79.6 Å². The van der Waals surface area contributed by atoms with Crippen LogP contribution in [0.4, 0.5) is 27.9 Å². The Hall–Kier alpha value is -3.55. The average Bonchev–Trinajstić information content (AvgIpc) is 3.41. The molecule has 0 radical (unpaired) electrons. The standard InChI is InChI=1S/C23H23F5N8O/c1-34-6-5-17(23(27,28)11-34)29-21-30-20(37-2)19-18(14(24)10-35(19)32-21)12-3-4-15-16(7-12)36(33-31-15)13-8-22(25,26)9-13/h3-4,7,10,13,17H,5-6,8-9,11H2,1-2H3,(H,29,32)/t17-/m1/s1/i1D3. The van der Waals surface area contributed by atoms with Crippen molar-refractivity contribution in [2.24, 2.45) is 0 Å². The number of piperidine rings is 1. The molecule has 1 N–H and O–H groups in total. The fraction of sp³-hybridized carbons (Fsp3) is 0.478. The summed E-state index contributed by atoms with van der Waals surface area (Å²) in [6.07, 6.45) is 0.104. The lowest BCUT2D eigenvalue weighted by Crippen LogP contribution is -2.53. The highest BCUT2D eigenvalue weighted by molar-refractivity contribution is 5.89. The predicted molar refractivity (Wildman–Crippen MR) is 124 cm³/mol. The van der Waals surface area contributed by atoms with Gasteiger partial charge in [0.05, 0.1) is 43.0 Å². The van der Waals surface area contributed by atoms with Crippen LogP contribution in [0.5, 0.6) is 5.88 Å². The van der Waals surface area contributed by atoms with E-state index in [0.717, 1.165) is 15.6 Å². The molecule has 9 nitrogen and oxygen atoms in total. The Morgan fingerprint density at radius 1 is 1.22 bits per heavy atom. The lowest BCUT2D eigenvalue weighted by Gasteiger charge is -2.36. The molecule has 1 saturated heterocycles. The van der Waals surface area contributed by atoms with Crippen molar-refractivity contribution >= 4 is 22.5 Å². The largest absolute Gasteiger partial charge is 0.479 e. The highest BCUT2D eigenvalue weighted by Gasteiger charge is 2.47. The molecule has 0 spiro atoms. The number of anilines is 1. The minimum Gasteiger partial charge on any atom is -0.479 e. The Labute approximate surface area is 211 Å². The minimum atomic E-state index is -3.41. The lowest BCUT2D eigenvalue weighted by molar-refractivity contribution is -0.106. The maximum absolute atomic E-state index is 15.4. The molecule has 0 unspecified atom stereocenters. The van der Waals surface area contributed by atoms with Gasteiger partial charge in [0.15, 0.2) is 5.82 Å². The van der Waals surface area contributed by atoms with Gasteiger partial charge in [0.25, 0.3) is 11.8 Å². The number of nitrogens with one attached hydrogen (secondary N) is 1.